The van der Waals surface area contributed by atoms with Gasteiger partial charge in [-0.05, 0) is 71.7 Å². The average Bonchev–Trinajstić information content (AvgIpc) is 3.39. The van der Waals surface area contributed by atoms with Crippen LogP contribution in [0, 0.1) is 0 Å². The largest absolute Gasteiger partial charge is 0.491 e. The Kier molecular flexibility index (Phi) is 10.0. The SMILES string of the molecule is O=C(/C=C/c1ccccc1Cl)Nc1ccc(Br)c(OCCN2CCN(CCN3CCCC3)CC2)c1. The first-order valence-electron chi connectivity index (χ1n) is 12.4. The van der Waals surface area contributed by atoms with Crippen LogP contribution >= 0.6 is 27.5 Å². The van der Waals surface area contributed by atoms with Crippen molar-refractivity contribution in [3.63, 3.8) is 0 Å². The van der Waals surface area contributed by atoms with Crippen molar-refractivity contribution in [1.29, 1.82) is 0 Å². The minimum Gasteiger partial charge on any atom is -0.491 e. The number of carbonyl (C=O) groups excluding carboxylic acids is 1. The molecule has 0 spiro atoms. The first kappa shape index (κ1) is 26.2. The quantitative estimate of drug-likeness (QED) is 0.421. The normalized spacial score (nSPS) is 17.8. The Balaban J connectivity index is 1.18. The van der Waals surface area contributed by atoms with Crippen LogP contribution in [0.5, 0.6) is 5.75 Å². The van der Waals surface area contributed by atoms with E-state index in [1.165, 1.54) is 45.1 Å². The van der Waals surface area contributed by atoms with Crippen LogP contribution in [-0.4, -0.2) is 86.1 Å². The molecule has 2 fully saturated rings. The molecule has 8 heteroatoms. The number of likely N-dealkylation sites (tertiary alicyclic amines) is 1. The second-order valence-corrected chi connectivity index (χ2v) is 10.3. The van der Waals surface area contributed by atoms with Gasteiger partial charge in [-0.15, -0.1) is 0 Å². The highest BCUT2D eigenvalue weighted by atomic mass is 79.9. The van der Waals surface area contributed by atoms with Crippen LogP contribution < -0.4 is 10.1 Å². The number of hydrogen-bond donors (Lipinski definition) is 1. The number of amides is 1. The number of benzene rings is 2. The Morgan fingerprint density at radius 1 is 0.943 bits per heavy atom. The van der Waals surface area contributed by atoms with Gasteiger partial charge in [-0.1, -0.05) is 29.8 Å². The van der Waals surface area contributed by atoms with Gasteiger partial charge in [0.05, 0.1) is 4.47 Å². The molecule has 2 heterocycles. The van der Waals surface area contributed by atoms with Crippen molar-refractivity contribution in [2.45, 2.75) is 12.8 Å². The summed E-state index contributed by atoms with van der Waals surface area (Å²) in [5.74, 6) is 0.503. The number of halogens is 2. The van der Waals surface area contributed by atoms with E-state index in [1.807, 2.05) is 36.4 Å². The van der Waals surface area contributed by atoms with E-state index in [2.05, 4.69) is 35.9 Å². The van der Waals surface area contributed by atoms with E-state index >= 15 is 0 Å². The Hall–Kier alpha value is -1.90. The number of piperazine rings is 1. The maximum absolute atomic E-state index is 12.4. The molecule has 0 atom stereocenters. The zero-order chi connectivity index (χ0) is 24.5. The van der Waals surface area contributed by atoms with Gasteiger partial charge in [0.25, 0.3) is 0 Å². The molecule has 0 radical (unpaired) electrons. The topological polar surface area (TPSA) is 48.1 Å². The highest BCUT2D eigenvalue weighted by Gasteiger charge is 2.18. The van der Waals surface area contributed by atoms with Crippen LogP contribution in [0.1, 0.15) is 18.4 Å². The third-order valence-electron chi connectivity index (χ3n) is 6.58. The molecule has 0 aliphatic carbocycles. The van der Waals surface area contributed by atoms with Crippen molar-refractivity contribution in [2.24, 2.45) is 0 Å². The van der Waals surface area contributed by atoms with Crippen LogP contribution in [-0.2, 0) is 4.79 Å². The van der Waals surface area contributed by atoms with Crippen LogP contribution in [0.15, 0.2) is 53.0 Å². The lowest BCUT2D eigenvalue weighted by Crippen LogP contribution is -2.49. The fourth-order valence-electron chi connectivity index (χ4n) is 4.46. The lowest BCUT2D eigenvalue weighted by atomic mass is 10.2. The average molecular weight is 562 g/mol. The van der Waals surface area contributed by atoms with Gasteiger partial charge in [-0.3, -0.25) is 14.6 Å². The molecule has 2 aliphatic heterocycles. The van der Waals surface area contributed by atoms with Crippen molar-refractivity contribution in [2.75, 3.05) is 70.8 Å². The van der Waals surface area contributed by atoms with Gasteiger partial charge in [0.1, 0.15) is 12.4 Å². The van der Waals surface area contributed by atoms with Crippen LogP contribution in [0.2, 0.25) is 5.02 Å². The fraction of sp³-hybridized carbons (Fsp3) is 0.444. The molecule has 0 aromatic heterocycles. The Morgan fingerprint density at radius 3 is 2.31 bits per heavy atom. The molecule has 1 amide bonds. The molecule has 1 N–H and O–H groups in total. The number of ether oxygens (including phenoxy) is 1. The number of carbonyl (C=O) groups is 1. The smallest absolute Gasteiger partial charge is 0.248 e. The van der Waals surface area contributed by atoms with Gasteiger partial charge in [-0.25, -0.2) is 0 Å². The van der Waals surface area contributed by atoms with E-state index in [0.717, 1.165) is 48.5 Å². The summed E-state index contributed by atoms with van der Waals surface area (Å²) in [5.41, 5.74) is 1.49. The Labute approximate surface area is 222 Å². The molecular weight excluding hydrogens is 528 g/mol. The van der Waals surface area contributed by atoms with E-state index in [1.54, 1.807) is 12.1 Å². The summed E-state index contributed by atoms with van der Waals surface area (Å²) in [5, 5.41) is 3.50. The predicted octanol–water partition coefficient (Wildman–Crippen LogP) is 4.85. The van der Waals surface area contributed by atoms with Gasteiger partial charge in [0, 0.05) is 68.7 Å². The molecule has 35 heavy (non-hydrogen) atoms. The number of rotatable bonds is 10. The van der Waals surface area contributed by atoms with Gasteiger partial charge < -0.3 is 15.0 Å². The van der Waals surface area contributed by atoms with Gasteiger partial charge in [-0.2, -0.15) is 0 Å². The summed E-state index contributed by atoms with van der Waals surface area (Å²) in [6.45, 7) is 10.9. The predicted molar refractivity (Wildman–Crippen MR) is 147 cm³/mol. The van der Waals surface area contributed by atoms with Crippen molar-refractivity contribution < 1.29 is 9.53 Å². The molecule has 4 rings (SSSR count). The van der Waals surface area contributed by atoms with Gasteiger partial charge in [0.2, 0.25) is 5.91 Å². The van der Waals surface area contributed by atoms with E-state index in [4.69, 9.17) is 16.3 Å². The van der Waals surface area contributed by atoms with Crippen LogP contribution in [0.25, 0.3) is 6.08 Å². The minimum atomic E-state index is -0.221. The first-order chi connectivity index (χ1) is 17.1. The number of nitrogens with zero attached hydrogens (tertiary/aromatic N) is 3. The third-order valence-corrected chi connectivity index (χ3v) is 7.58. The summed E-state index contributed by atoms with van der Waals surface area (Å²) < 4.78 is 6.92. The molecule has 2 saturated heterocycles. The van der Waals surface area contributed by atoms with Gasteiger partial charge in [0.15, 0.2) is 0 Å². The highest BCUT2D eigenvalue weighted by Crippen LogP contribution is 2.28. The number of nitrogens with one attached hydrogen (secondary N) is 1. The summed E-state index contributed by atoms with van der Waals surface area (Å²) in [6, 6.07) is 13.0. The molecule has 188 valence electrons. The van der Waals surface area contributed by atoms with Gasteiger partial charge >= 0.3 is 0 Å². The molecule has 0 unspecified atom stereocenters. The number of anilines is 1. The van der Waals surface area contributed by atoms with E-state index in [-0.39, 0.29) is 5.91 Å². The summed E-state index contributed by atoms with van der Waals surface area (Å²) in [4.78, 5) is 20.0. The van der Waals surface area contributed by atoms with Crippen molar-refractivity contribution >= 4 is 45.2 Å². The Bertz CT molecular complexity index is 1000. The lowest BCUT2D eigenvalue weighted by molar-refractivity contribution is -0.111. The van der Waals surface area contributed by atoms with Crippen molar-refractivity contribution in [3.05, 3.63) is 63.6 Å². The van der Waals surface area contributed by atoms with Crippen molar-refractivity contribution in [3.8, 4) is 5.75 Å². The summed E-state index contributed by atoms with van der Waals surface area (Å²) in [6.07, 6.45) is 5.91. The molecular formula is C27H34BrClN4O2. The highest BCUT2D eigenvalue weighted by molar-refractivity contribution is 9.10. The lowest BCUT2D eigenvalue weighted by Gasteiger charge is -2.35. The minimum absolute atomic E-state index is 0.221. The molecule has 2 aliphatic rings. The zero-order valence-electron chi connectivity index (χ0n) is 20.1. The molecule has 0 bridgehead atoms. The van der Waals surface area contributed by atoms with E-state index < -0.39 is 0 Å². The van der Waals surface area contributed by atoms with E-state index in [0.29, 0.717) is 17.3 Å². The van der Waals surface area contributed by atoms with Crippen LogP contribution in [0.4, 0.5) is 5.69 Å². The van der Waals surface area contributed by atoms with Crippen LogP contribution in [0.3, 0.4) is 0 Å². The number of hydrogen-bond acceptors (Lipinski definition) is 5. The maximum atomic E-state index is 12.4. The molecule has 2 aromatic carbocycles. The monoisotopic (exact) mass is 560 g/mol. The third kappa shape index (κ3) is 8.33. The van der Waals surface area contributed by atoms with E-state index in [9.17, 15) is 4.79 Å². The molecule has 0 saturated carbocycles. The standard InChI is InChI=1S/C27H34BrClN4O2/c28-24-9-8-23(30-27(34)10-7-22-5-1-2-6-25(22)29)21-26(24)35-20-19-33-17-15-32(16-18-33)14-13-31-11-3-4-12-31/h1-2,5-10,21H,3-4,11-20H2,(H,30,34)/b10-7+. The Morgan fingerprint density at radius 2 is 1.60 bits per heavy atom. The molecule has 2 aromatic rings. The second kappa shape index (κ2) is 13.4. The zero-order valence-corrected chi connectivity index (χ0v) is 22.4. The second-order valence-electron chi connectivity index (χ2n) is 9.07. The summed E-state index contributed by atoms with van der Waals surface area (Å²) >= 11 is 9.70. The maximum Gasteiger partial charge on any atom is 0.248 e. The fourth-order valence-corrected chi connectivity index (χ4v) is 5.02. The van der Waals surface area contributed by atoms with Crippen molar-refractivity contribution in [1.82, 2.24) is 14.7 Å². The summed E-state index contributed by atoms with van der Waals surface area (Å²) in [7, 11) is 0. The molecule has 6 nitrogen and oxygen atoms in total. The first-order valence-corrected chi connectivity index (χ1v) is 13.6.